The molecule has 1 atom stereocenters. The molecule has 0 aliphatic heterocycles. The van der Waals surface area contributed by atoms with Crippen LogP contribution in [0.1, 0.15) is 17.8 Å². The second kappa shape index (κ2) is 4.84. The Kier molecular flexibility index (Phi) is 3.93. The molecule has 3 N–H and O–H groups in total. The van der Waals surface area contributed by atoms with E-state index >= 15 is 0 Å². The van der Waals surface area contributed by atoms with E-state index in [-0.39, 0.29) is 6.42 Å². The predicted octanol–water partition coefficient (Wildman–Crippen LogP) is 1.06. The standard InChI is InChI=1S/C9H15F3N4/c1-6-3-8(16(2)15-6)4-7(14-13)5-9(10,11)12/h3,7,14H,4-5,13H2,1-2H3. The van der Waals surface area contributed by atoms with Gasteiger partial charge < -0.3 is 0 Å². The van der Waals surface area contributed by atoms with Crippen molar-refractivity contribution in [3.8, 4) is 0 Å². The van der Waals surface area contributed by atoms with Gasteiger partial charge in [-0.05, 0) is 13.0 Å². The molecule has 0 amide bonds. The Morgan fingerprint density at radius 2 is 2.19 bits per heavy atom. The minimum absolute atomic E-state index is 0.202. The van der Waals surface area contributed by atoms with E-state index in [2.05, 4.69) is 10.5 Å². The quantitative estimate of drug-likeness (QED) is 0.607. The van der Waals surface area contributed by atoms with E-state index in [9.17, 15) is 13.2 Å². The highest BCUT2D eigenvalue weighted by molar-refractivity contribution is 5.10. The molecule has 92 valence electrons. The number of hydrazine groups is 1. The second-order valence-corrected chi connectivity index (χ2v) is 3.79. The largest absolute Gasteiger partial charge is 0.390 e. The number of rotatable bonds is 4. The van der Waals surface area contributed by atoms with Gasteiger partial charge in [0.25, 0.3) is 0 Å². The van der Waals surface area contributed by atoms with Gasteiger partial charge in [-0.2, -0.15) is 18.3 Å². The molecule has 1 aromatic rings. The van der Waals surface area contributed by atoms with Gasteiger partial charge in [0.1, 0.15) is 0 Å². The van der Waals surface area contributed by atoms with E-state index in [1.165, 1.54) is 0 Å². The lowest BCUT2D eigenvalue weighted by Crippen LogP contribution is -2.40. The number of alkyl halides is 3. The smallest absolute Gasteiger partial charge is 0.272 e. The molecular formula is C9H15F3N4. The van der Waals surface area contributed by atoms with Crippen molar-refractivity contribution < 1.29 is 13.2 Å². The summed E-state index contributed by atoms with van der Waals surface area (Å²) >= 11 is 0. The first kappa shape index (κ1) is 13.0. The molecule has 1 unspecified atom stereocenters. The highest BCUT2D eigenvalue weighted by Gasteiger charge is 2.31. The molecule has 0 aliphatic carbocycles. The van der Waals surface area contributed by atoms with Gasteiger partial charge in [0, 0.05) is 25.2 Å². The van der Waals surface area contributed by atoms with Crippen molar-refractivity contribution >= 4 is 0 Å². The molecule has 4 nitrogen and oxygen atoms in total. The maximum Gasteiger partial charge on any atom is 0.390 e. The lowest BCUT2D eigenvalue weighted by Gasteiger charge is -2.17. The summed E-state index contributed by atoms with van der Waals surface area (Å²) in [6, 6.07) is 0.926. The van der Waals surface area contributed by atoms with Crippen molar-refractivity contribution in [2.24, 2.45) is 12.9 Å². The van der Waals surface area contributed by atoms with Crippen molar-refractivity contribution in [2.45, 2.75) is 32.0 Å². The summed E-state index contributed by atoms with van der Waals surface area (Å²) in [7, 11) is 1.70. The highest BCUT2D eigenvalue weighted by atomic mass is 19.4. The van der Waals surface area contributed by atoms with Gasteiger partial charge in [-0.25, -0.2) is 0 Å². The van der Waals surface area contributed by atoms with E-state index in [1.807, 2.05) is 0 Å². The van der Waals surface area contributed by atoms with Gasteiger partial charge in [0.05, 0.1) is 12.1 Å². The van der Waals surface area contributed by atoms with E-state index in [0.717, 1.165) is 11.4 Å². The molecule has 1 heterocycles. The normalized spacial score (nSPS) is 14.1. The van der Waals surface area contributed by atoms with Gasteiger partial charge in [0.15, 0.2) is 0 Å². The van der Waals surface area contributed by atoms with E-state index in [0.29, 0.717) is 0 Å². The van der Waals surface area contributed by atoms with Crippen LogP contribution >= 0.6 is 0 Å². The lowest BCUT2D eigenvalue weighted by atomic mass is 10.1. The van der Waals surface area contributed by atoms with Crippen molar-refractivity contribution in [1.82, 2.24) is 15.2 Å². The maximum absolute atomic E-state index is 12.2. The fourth-order valence-corrected chi connectivity index (χ4v) is 1.58. The zero-order chi connectivity index (χ0) is 12.3. The van der Waals surface area contributed by atoms with Crippen molar-refractivity contribution in [1.29, 1.82) is 0 Å². The number of nitrogens with zero attached hydrogens (tertiary/aromatic N) is 2. The third-order valence-electron chi connectivity index (χ3n) is 2.27. The summed E-state index contributed by atoms with van der Waals surface area (Å²) in [6.07, 6.45) is -4.97. The van der Waals surface area contributed by atoms with E-state index in [4.69, 9.17) is 5.84 Å². The number of hydrogen-bond donors (Lipinski definition) is 2. The number of halogens is 3. The topological polar surface area (TPSA) is 55.9 Å². The van der Waals surface area contributed by atoms with Gasteiger partial charge in [-0.15, -0.1) is 0 Å². The molecular weight excluding hydrogens is 221 g/mol. The van der Waals surface area contributed by atoms with Crippen LogP contribution in [0.4, 0.5) is 13.2 Å². The first-order valence-corrected chi connectivity index (χ1v) is 4.84. The minimum Gasteiger partial charge on any atom is -0.272 e. The van der Waals surface area contributed by atoms with Crippen LogP contribution < -0.4 is 11.3 Å². The predicted molar refractivity (Wildman–Crippen MR) is 53.4 cm³/mol. The van der Waals surface area contributed by atoms with Crippen LogP contribution in [0.3, 0.4) is 0 Å². The summed E-state index contributed by atoms with van der Waals surface area (Å²) in [6.45, 7) is 1.79. The van der Waals surface area contributed by atoms with Crippen LogP contribution in [0.2, 0.25) is 0 Å². The Bertz CT molecular complexity index is 345. The van der Waals surface area contributed by atoms with E-state index in [1.54, 1.807) is 24.7 Å². The first-order valence-electron chi connectivity index (χ1n) is 4.84. The lowest BCUT2D eigenvalue weighted by molar-refractivity contribution is -0.140. The summed E-state index contributed by atoms with van der Waals surface area (Å²) in [4.78, 5) is 0. The molecule has 0 fully saturated rings. The van der Waals surface area contributed by atoms with Crippen LogP contribution in [0, 0.1) is 6.92 Å². The van der Waals surface area contributed by atoms with Crippen molar-refractivity contribution in [2.75, 3.05) is 0 Å². The Morgan fingerprint density at radius 1 is 1.56 bits per heavy atom. The average molecular weight is 236 g/mol. The van der Waals surface area contributed by atoms with Crippen LogP contribution in [-0.2, 0) is 13.5 Å². The molecule has 7 heteroatoms. The zero-order valence-electron chi connectivity index (χ0n) is 9.17. The fraction of sp³-hybridized carbons (Fsp3) is 0.667. The van der Waals surface area contributed by atoms with Crippen LogP contribution in [0.15, 0.2) is 6.07 Å². The van der Waals surface area contributed by atoms with Gasteiger partial charge in [-0.1, -0.05) is 0 Å². The molecule has 1 rings (SSSR count). The van der Waals surface area contributed by atoms with Gasteiger partial charge in [0.2, 0.25) is 0 Å². The van der Waals surface area contributed by atoms with E-state index < -0.39 is 18.6 Å². The van der Waals surface area contributed by atoms with Crippen molar-refractivity contribution in [3.63, 3.8) is 0 Å². The molecule has 0 saturated heterocycles. The number of nitrogens with one attached hydrogen (secondary N) is 1. The number of aromatic nitrogens is 2. The number of nitrogens with two attached hydrogens (primary N) is 1. The fourth-order valence-electron chi connectivity index (χ4n) is 1.58. The maximum atomic E-state index is 12.2. The molecule has 0 saturated carbocycles. The summed E-state index contributed by atoms with van der Waals surface area (Å²) in [5.74, 6) is 5.11. The second-order valence-electron chi connectivity index (χ2n) is 3.79. The molecule has 0 spiro atoms. The SMILES string of the molecule is Cc1cc(CC(CC(F)(F)F)NN)n(C)n1. The third kappa shape index (κ3) is 3.82. The monoisotopic (exact) mass is 236 g/mol. The number of hydrogen-bond acceptors (Lipinski definition) is 3. The molecule has 0 bridgehead atoms. The Hall–Kier alpha value is -1.08. The molecule has 0 radical (unpaired) electrons. The average Bonchev–Trinajstić information content (AvgIpc) is 2.41. The molecule has 1 aromatic heterocycles. The van der Waals surface area contributed by atoms with Crippen molar-refractivity contribution in [3.05, 3.63) is 17.5 Å². The van der Waals surface area contributed by atoms with Gasteiger partial charge in [-0.3, -0.25) is 16.0 Å². The third-order valence-corrected chi connectivity index (χ3v) is 2.27. The van der Waals surface area contributed by atoms with Crippen LogP contribution in [0.5, 0.6) is 0 Å². The Balaban J connectivity index is 2.67. The van der Waals surface area contributed by atoms with Crippen LogP contribution in [0.25, 0.3) is 0 Å². The van der Waals surface area contributed by atoms with Crippen LogP contribution in [-0.4, -0.2) is 22.0 Å². The summed E-state index contributed by atoms with van der Waals surface area (Å²) < 4.78 is 38.1. The molecule has 16 heavy (non-hydrogen) atoms. The molecule has 0 aromatic carbocycles. The highest BCUT2D eigenvalue weighted by Crippen LogP contribution is 2.22. The summed E-state index contributed by atoms with van der Waals surface area (Å²) in [5, 5.41) is 4.06. The zero-order valence-corrected chi connectivity index (χ0v) is 9.17. The minimum atomic E-state index is -4.22. The Morgan fingerprint density at radius 3 is 2.56 bits per heavy atom. The Labute approximate surface area is 91.6 Å². The summed E-state index contributed by atoms with van der Waals surface area (Å²) in [5.41, 5.74) is 3.69. The number of aryl methyl sites for hydroxylation is 2. The first-order chi connectivity index (χ1) is 7.31. The van der Waals surface area contributed by atoms with Gasteiger partial charge >= 0.3 is 6.18 Å². The molecule has 0 aliphatic rings.